The average molecular weight is 275 g/mol. The Labute approximate surface area is 111 Å². The van der Waals surface area contributed by atoms with E-state index in [2.05, 4.69) is 5.32 Å². The summed E-state index contributed by atoms with van der Waals surface area (Å²) < 4.78 is 30.6. The maximum atomic E-state index is 12.7. The molecule has 1 aromatic carbocycles. The van der Waals surface area contributed by atoms with Crippen molar-refractivity contribution in [2.45, 2.75) is 18.6 Å². The Morgan fingerprint density at radius 2 is 1.95 bits per heavy atom. The predicted molar refractivity (Wildman–Crippen MR) is 67.0 cm³/mol. The van der Waals surface area contributed by atoms with Crippen LogP contribution >= 0.6 is 0 Å². The predicted octanol–water partition coefficient (Wildman–Crippen LogP) is 0.781. The molecule has 0 spiro atoms. The number of hydrogen-bond acceptors (Lipinski definition) is 4. The van der Waals surface area contributed by atoms with E-state index in [1.807, 2.05) is 30.3 Å². The highest BCUT2D eigenvalue weighted by molar-refractivity contribution is 5.13. The van der Waals surface area contributed by atoms with Crippen molar-refractivity contribution in [2.24, 2.45) is 0 Å². The van der Waals surface area contributed by atoms with Crippen LogP contribution in [0.5, 0.6) is 0 Å². The summed E-state index contributed by atoms with van der Waals surface area (Å²) in [6.07, 6.45) is -0.863. The van der Waals surface area contributed by atoms with Gasteiger partial charge in [-0.25, -0.2) is 8.78 Å². The van der Waals surface area contributed by atoms with Gasteiger partial charge in [0, 0.05) is 6.54 Å². The van der Waals surface area contributed by atoms with Crippen molar-refractivity contribution in [3.05, 3.63) is 35.9 Å². The normalized spacial score (nSPS) is 13.5. The molecule has 1 aromatic rings. The smallest absolute Gasteiger partial charge is 0.282 e. The third-order valence-electron chi connectivity index (χ3n) is 2.42. The first-order valence-corrected chi connectivity index (χ1v) is 6.02. The maximum absolute atomic E-state index is 12.7. The molecular formula is C13H19F2NO3. The molecule has 0 aromatic heterocycles. The molecule has 0 amide bonds. The number of rotatable bonds is 9. The van der Waals surface area contributed by atoms with Gasteiger partial charge in [-0.05, 0) is 5.56 Å². The summed E-state index contributed by atoms with van der Waals surface area (Å²) in [5, 5.41) is 20.2. The molecule has 0 aliphatic heterocycles. The van der Waals surface area contributed by atoms with Crippen LogP contribution in [0.3, 0.4) is 0 Å². The first kappa shape index (κ1) is 16.0. The highest BCUT2D eigenvalue weighted by Crippen LogP contribution is 2.09. The van der Waals surface area contributed by atoms with E-state index in [9.17, 15) is 13.9 Å². The minimum Gasteiger partial charge on any atom is -0.390 e. The van der Waals surface area contributed by atoms with E-state index >= 15 is 0 Å². The fraction of sp³-hybridized carbons (Fsp3) is 0.538. The molecule has 1 rings (SSSR count). The van der Waals surface area contributed by atoms with Crippen LogP contribution in [0.15, 0.2) is 30.3 Å². The number of aliphatic hydroxyl groups is 2. The Hall–Kier alpha value is -1.08. The molecular weight excluding hydrogens is 256 g/mol. The second-order valence-electron chi connectivity index (χ2n) is 4.30. The zero-order chi connectivity index (χ0) is 14.1. The van der Waals surface area contributed by atoms with Gasteiger partial charge in [0.1, 0.15) is 6.61 Å². The lowest BCUT2D eigenvalue weighted by Gasteiger charge is -2.16. The van der Waals surface area contributed by atoms with Crippen LogP contribution in [0, 0.1) is 0 Å². The maximum Gasteiger partial charge on any atom is 0.282 e. The summed E-state index contributed by atoms with van der Waals surface area (Å²) in [6, 6.07) is 9.45. The second kappa shape index (κ2) is 8.16. The molecule has 6 heteroatoms. The summed E-state index contributed by atoms with van der Waals surface area (Å²) in [5.41, 5.74) is 0.981. The Morgan fingerprint density at radius 1 is 1.26 bits per heavy atom. The zero-order valence-corrected chi connectivity index (χ0v) is 10.6. The standard InChI is InChI=1S/C13H19F2NO3/c14-13(15,10-17)9-16-6-12(18)8-19-7-11-4-2-1-3-5-11/h1-5,12,16-18H,6-10H2. The summed E-state index contributed by atoms with van der Waals surface area (Å²) in [5.74, 6) is -3.16. The van der Waals surface area contributed by atoms with Crippen molar-refractivity contribution >= 4 is 0 Å². The number of ether oxygens (including phenoxy) is 1. The van der Waals surface area contributed by atoms with Gasteiger partial charge in [0.05, 0.1) is 25.9 Å². The first-order valence-electron chi connectivity index (χ1n) is 6.02. The van der Waals surface area contributed by atoms with Gasteiger partial charge in [-0.3, -0.25) is 0 Å². The van der Waals surface area contributed by atoms with E-state index < -0.39 is 25.2 Å². The van der Waals surface area contributed by atoms with E-state index in [0.29, 0.717) is 6.61 Å². The monoisotopic (exact) mass is 275 g/mol. The second-order valence-corrected chi connectivity index (χ2v) is 4.30. The number of halogens is 2. The van der Waals surface area contributed by atoms with E-state index in [1.165, 1.54) is 0 Å². The number of nitrogens with one attached hydrogen (secondary N) is 1. The van der Waals surface area contributed by atoms with Gasteiger partial charge < -0.3 is 20.3 Å². The van der Waals surface area contributed by atoms with Crippen molar-refractivity contribution in [2.75, 3.05) is 26.3 Å². The summed E-state index contributed by atoms with van der Waals surface area (Å²) >= 11 is 0. The molecule has 0 saturated carbocycles. The summed E-state index contributed by atoms with van der Waals surface area (Å²) in [6.45, 7) is -1.46. The van der Waals surface area contributed by atoms with Crippen molar-refractivity contribution in [1.82, 2.24) is 5.32 Å². The van der Waals surface area contributed by atoms with Gasteiger partial charge >= 0.3 is 0 Å². The lowest BCUT2D eigenvalue weighted by molar-refractivity contribution is -0.0504. The molecule has 1 atom stereocenters. The zero-order valence-electron chi connectivity index (χ0n) is 10.6. The molecule has 108 valence electrons. The molecule has 0 fully saturated rings. The Morgan fingerprint density at radius 3 is 2.58 bits per heavy atom. The average Bonchev–Trinajstić information content (AvgIpc) is 2.40. The Kier molecular flexibility index (Phi) is 6.86. The van der Waals surface area contributed by atoms with Gasteiger partial charge in [-0.1, -0.05) is 30.3 Å². The lowest BCUT2D eigenvalue weighted by atomic mass is 10.2. The van der Waals surface area contributed by atoms with Gasteiger partial charge in [0.2, 0.25) is 0 Å². The van der Waals surface area contributed by atoms with E-state index in [0.717, 1.165) is 5.56 Å². The molecule has 0 saturated heterocycles. The van der Waals surface area contributed by atoms with Crippen LogP contribution in [-0.2, 0) is 11.3 Å². The Bertz CT molecular complexity index is 349. The highest BCUT2D eigenvalue weighted by atomic mass is 19.3. The number of benzene rings is 1. The quantitative estimate of drug-likeness (QED) is 0.623. The van der Waals surface area contributed by atoms with E-state index in [4.69, 9.17) is 9.84 Å². The molecule has 4 nitrogen and oxygen atoms in total. The van der Waals surface area contributed by atoms with Crippen LogP contribution in [-0.4, -0.2) is 48.5 Å². The van der Waals surface area contributed by atoms with Crippen molar-refractivity contribution in [1.29, 1.82) is 0 Å². The van der Waals surface area contributed by atoms with E-state index in [-0.39, 0.29) is 13.2 Å². The number of alkyl halides is 2. The Balaban J connectivity index is 2.10. The van der Waals surface area contributed by atoms with Crippen LogP contribution < -0.4 is 5.32 Å². The molecule has 0 aliphatic rings. The molecule has 0 aliphatic carbocycles. The first-order chi connectivity index (χ1) is 9.03. The number of aliphatic hydroxyl groups excluding tert-OH is 2. The topological polar surface area (TPSA) is 61.7 Å². The van der Waals surface area contributed by atoms with Gasteiger partial charge in [-0.15, -0.1) is 0 Å². The molecule has 0 radical (unpaired) electrons. The number of hydrogen-bond donors (Lipinski definition) is 3. The van der Waals surface area contributed by atoms with Gasteiger partial charge in [0.15, 0.2) is 0 Å². The van der Waals surface area contributed by atoms with Crippen molar-refractivity contribution < 1.29 is 23.7 Å². The summed E-state index contributed by atoms with van der Waals surface area (Å²) in [7, 11) is 0. The third kappa shape index (κ3) is 7.17. The fourth-order valence-electron chi connectivity index (χ4n) is 1.42. The minimum absolute atomic E-state index is 0.00954. The van der Waals surface area contributed by atoms with Gasteiger partial charge in [0.25, 0.3) is 5.92 Å². The molecule has 0 bridgehead atoms. The molecule has 19 heavy (non-hydrogen) atoms. The molecule has 3 N–H and O–H groups in total. The van der Waals surface area contributed by atoms with E-state index in [1.54, 1.807) is 0 Å². The van der Waals surface area contributed by atoms with Crippen LogP contribution in [0.25, 0.3) is 0 Å². The molecule has 0 heterocycles. The molecule has 1 unspecified atom stereocenters. The van der Waals surface area contributed by atoms with Crippen molar-refractivity contribution in [3.8, 4) is 0 Å². The van der Waals surface area contributed by atoms with Crippen LogP contribution in [0.1, 0.15) is 5.56 Å². The van der Waals surface area contributed by atoms with Gasteiger partial charge in [-0.2, -0.15) is 0 Å². The van der Waals surface area contributed by atoms with Crippen molar-refractivity contribution in [3.63, 3.8) is 0 Å². The SMILES string of the molecule is OCC(F)(F)CNCC(O)COCc1ccccc1. The van der Waals surface area contributed by atoms with Crippen LogP contribution in [0.2, 0.25) is 0 Å². The highest BCUT2D eigenvalue weighted by Gasteiger charge is 2.27. The lowest BCUT2D eigenvalue weighted by Crippen LogP contribution is -2.40. The fourth-order valence-corrected chi connectivity index (χ4v) is 1.42. The largest absolute Gasteiger partial charge is 0.390 e. The minimum atomic E-state index is -3.16. The van der Waals surface area contributed by atoms with Crippen LogP contribution in [0.4, 0.5) is 8.78 Å². The summed E-state index contributed by atoms with van der Waals surface area (Å²) in [4.78, 5) is 0. The third-order valence-corrected chi connectivity index (χ3v) is 2.42.